The minimum Gasteiger partial charge on any atom is -0.377 e. The Bertz CT molecular complexity index is 259. The largest absolute Gasteiger partial charge is 0.377 e. The smallest absolute Gasteiger partial charge is 0.0684 e. The fraction of sp³-hybridized carbons (Fsp3) is 1.00. The standard InChI is InChI=1S/C14H25NO/c1-14(2)12(15-8-7-10-5-6-10)11-4-3-9-16-13(11)14/h10-13,15H,3-9H2,1-2H3. The van der Waals surface area contributed by atoms with Crippen molar-refractivity contribution in [2.24, 2.45) is 17.3 Å². The number of ether oxygens (including phenoxy) is 1. The zero-order valence-electron chi connectivity index (χ0n) is 10.7. The Morgan fingerprint density at radius 1 is 1.25 bits per heavy atom. The summed E-state index contributed by atoms with van der Waals surface area (Å²) in [6, 6.07) is 0.705. The van der Waals surface area contributed by atoms with Gasteiger partial charge in [-0.2, -0.15) is 0 Å². The highest BCUT2D eigenvalue weighted by Crippen LogP contribution is 2.51. The zero-order chi connectivity index (χ0) is 11.2. The molecule has 3 rings (SSSR count). The topological polar surface area (TPSA) is 21.3 Å². The Balaban J connectivity index is 1.52. The Morgan fingerprint density at radius 3 is 2.81 bits per heavy atom. The second-order valence-corrected chi connectivity index (χ2v) is 6.58. The average Bonchev–Trinajstić information content (AvgIpc) is 3.08. The molecule has 16 heavy (non-hydrogen) atoms. The molecule has 2 nitrogen and oxygen atoms in total. The molecule has 0 bridgehead atoms. The van der Waals surface area contributed by atoms with Gasteiger partial charge in [0.25, 0.3) is 0 Å². The van der Waals surface area contributed by atoms with Crippen molar-refractivity contribution < 1.29 is 4.74 Å². The van der Waals surface area contributed by atoms with Crippen LogP contribution in [0.15, 0.2) is 0 Å². The van der Waals surface area contributed by atoms with Gasteiger partial charge in [-0.05, 0) is 31.7 Å². The Hall–Kier alpha value is -0.0800. The minimum absolute atomic E-state index is 0.356. The van der Waals surface area contributed by atoms with Crippen molar-refractivity contribution in [3.8, 4) is 0 Å². The van der Waals surface area contributed by atoms with E-state index in [0.717, 1.165) is 18.4 Å². The quantitative estimate of drug-likeness (QED) is 0.791. The Morgan fingerprint density at radius 2 is 2.06 bits per heavy atom. The fourth-order valence-corrected chi connectivity index (χ4v) is 3.79. The summed E-state index contributed by atoms with van der Waals surface area (Å²) < 4.78 is 5.92. The lowest BCUT2D eigenvalue weighted by Crippen LogP contribution is -2.69. The van der Waals surface area contributed by atoms with E-state index in [1.54, 1.807) is 0 Å². The molecule has 0 aromatic heterocycles. The van der Waals surface area contributed by atoms with Crippen molar-refractivity contribution in [1.29, 1.82) is 0 Å². The fourth-order valence-electron chi connectivity index (χ4n) is 3.79. The lowest BCUT2D eigenvalue weighted by atomic mass is 9.55. The van der Waals surface area contributed by atoms with Crippen molar-refractivity contribution in [2.45, 2.75) is 58.1 Å². The van der Waals surface area contributed by atoms with E-state index in [9.17, 15) is 0 Å². The molecule has 1 heterocycles. The Kier molecular flexibility index (Phi) is 2.75. The highest BCUT2D eigenvalue weighted by atomic mass is 16.5. The van der Waals surface area contributed by atoms with Crippen LogP contribution in [0.1, 0.15) is 46.0 Å². The SMILES string of the molecule is CC1(C)C(NCCC2CC2)C2CCCOC21. The molecule has 3 unspecified atom stereocenters. The molecule has 3 aliphatic rings. The van der Waals surface area contributed by atoms with Gasteiger partial charge in [0.05, 0.1) is 6.10 Å². The first-order valence-corrected chi connectivity index (χ1v) is 7.04. The molecular weight excluding hydrogens is 198 g/mol. The van der Waals surface area contributed by atoms with Gasteiger partial charge in [-0.15, -0.1) is 0 Å². The summed E-state index contributed by atoms with van der Waals surface area (Å²) in [5, 5.41) is 3.80. The molecule has 0 aromatic rings. The van der Waals surface area contributed by atoms with E-state index in [-0.39, 0.29) is 0 Å². The first kappa shape index (κ1) is 11.0. The van der Waals surface area contributed by atoms with Gasteiger partial charge in [0.2, 0.25) is 0 Å². The van der Waals surface area contributed by atoms with Crippen LogP contribution in [0, 0.1) is 17.3 Å². The van der Waals surface area contributed by atoms with Gasteiger partial charge in [-0.3, -0.25) is 0 Å². The van der Waals surface area contributed by atoms with Crippen LogP contribution in [0.4, 0.5) is 0 Å². The molecule has 2 heteroatoms. The number of hydrogen-bond donors (Lipinski definition) is 1. The van der Waals surface area contributed by atoms with Crippen LogP contribution < -0.4 is 5.32 Å². The van der Waals surface area contributed by atoms with Crippen LogP contribution in [0.2, 0.25) is 0 Å². The van der Waals surface area contributed by atoms with Crippen molar-refractivity contribution in [3.63, 3.8) is 0 Å². The second kappa shape index (κ2) is 3.99. The maximum Gasteiger partial charge on any atom is 0.0684 e. The maximum atomic E-state index is 5.92. The lowest BCUT2D eigenvalue weighted by molar-refractivity contribution is -0.192. The van der Waals surface area contributed by atoms with Gasteiger partial charge >= 0.3 is 0 Å². The lowest BCUT2D eigenvalue weighted by Gasteiger charge is -2.60. The maximum absolute atomic E-state index is 5.92. The number of hydrogen-bond acceptors (Lipinski definition) is 2. The van der Waals surface area contributed by atoms with Gasteiger partial charge in [0, 0.05) is 24.0 Å². The molecule has 2 aliphatic carbocycles. The van der Waals surface area contributed by atoms with Crippen molar-refractivity contribution in [3.05, 3.63) is 0 Å². The van der Waals surface area contributed by atoms with E-state index < -0.39 is 0 Å². The number of rotatable bonds is 4. The van der Waals surface area contributed by atoms with Gasteiger partial charge in [-0.25, -0.2) is 0 Å². The molecule has 0 aromatic carbocycles. The van der Waals surface area contributed by atoms with Crippen LogP contribution in [0.25, 0.3) is 0 Å². The van der Waals surface area contributed by atoms with Crippen LogP contribution in [0.3, 0.4) is 0 Å². The summed E-state index contributed by atoms with van der Waals surface area (Å²) in [5.41, 5.74) is 0.356. The molecule has 0 radical (unpaired) electrons. The highest BCUT2D eigenvalue weighted by molar-refractivity contribution is 5.10. The molecule has 3 fully saturated rings. The number of nitrogens with one attached hydrogen (secondary N) is 1. The third-order valence-corrected chi connectivity index (χ3v) is 4.94. The van der Waals surface area contributed by atoms with Gasteiger partial charge in [-0.1, -0.05) is 26.7 Å². The third-order valence-electron chi connectivity index (χ3n) is 4.94. The van der Waals surface area contributed by atoms with Crippen molar-refractivity contribution in [1.82, 2.24) is 5.32 Å². The molecule has 92 valence electrons. The molecule has 2 saturated carbocycles. The number of fused-ring (bicyclic) bond motifs is 1. The van der Waals surface area contributed by atoms with Crippen LogP contribution in [-0.2, 0) is 4.74 Å². The van der Waals surface area contributed by atoms with Crippen molar-refractivity contribution >= 4 is 0 Å². The van der Waals surface area contributed by atoms with Gasteiger partial charge < -0.3 is 10.1 Å². The molecule has 1 aliphatic heterocycles. The van der Waals surface area contributed by atoms with Gasteiger partial charge in [0.1, 0.15) is 0 Å². The average molecular weight is 223 g/mol. The molecule has 0 spiro atoms. The molecule has 1 saturated heterocycles. The molecular formula is C14H25NO. The zero-order valence-corrected chi connectivity index (χ0v) is 10.7. The van der Waals surface area contributed by atoms with E-state index >= 15 is 0 Å². The second-order valence-electron chi connectivity index (χ2n) is 6.58. The Labute approximate surface area is 99.1 Å². The molecule has 1 N–H and O–H groups in total. The third kappa shape index (κ3) is 1.80. The first-order valence-electron chi connectivity index (χ1n) is 7.04. The summed E-state index contributed by atoms with van der Waals surface area (Å²) in [5.74, 6) is 1.84. The van der Waals surface area contributed by atoms with E-state index in [1.165, 1.54) is 38.6 Å². The summed E-state index contributed by atoms with van der Waals surface area (Å²) in [4.78, 5) is 0. The van der Waals surface area contributed by atoms with E-state index in [2.05, 4.69) is 19.2 Å². The molecule has 0 amide bonds. The summed E-state index contributed by atoms with van der Waals surface area (Å²) in [6.07, 6.45) is 7.51. The van der Waals surface area contributed by atoms with E-state index in [1.807, 2.05) is 0 Å². The van der Waals surface area contributed by atoms with Gasteiger partial charge in [0.15, 0.2) is 0 Å². The summed E-state index contributed by atoms with van der Waals surface area (Å²) in [7, 11) is 0. The predicted molar refractivity (Wildman–Crippen MR) is 65.4 cm³/mol. The minimum atomic E-state index is 0.356. The predicted octanol–water partition coefficient (Wildman–Crippen LogP) is 2.58. The van der Waals surface area contributed by atoms with Crippen LogP contribution in [0.5, 0.6) is 0 Å². The van der Waals surface area contributed by atoms with E-state index in [4.69, 9.17) is 4.74 Å². The monoisotopic (exact) mass is 223 g/mol. The molecule has 3 atom stereocenters. The van der Waals surface area contributed by atoms with Crippen molar-refractivity contribution in [2.75, 3.05) is 13.2 Å². The van der Waals surface area contributed by atoms with E-state index in [0.29, 0.717) is 17.6 Å². The first-order chi connectivity index (χ1) is 7.69. The van der Waals surface area contributed by atoms with Crippen LogP contribution >= 0.6 is 0 Å². The van der Waals surface area contributed by atoms with Crippen LogP contribution in [-0.4, -0.2) is 25.3 Å². The summed E-state index contributed by atoms with van der Waals surface area (Å²) >= 11 is 0. The highest BCUT2D eigenvalue weighted by Gasteiger charge is 2.57. The summed E-state index contributed by atoms with van der Waals surface area (Å²) in [6.45, 7) is 6.95. The normalized spacial score (nSPS) is 41.2.